The van der Waals surface area contributed by atoms with E-state index in [1.165, 1.54) is 47.3 Å². The lowest BCUT2D eigenvalue weighted by atomic mass is 9.97. The molecule has 410 valence electrons. The summed E-state index contributed by atoms with van der Waals surface area (Å²) in [6, 6.07) is -7.91. The van der Waals surface area contributed by atoms with E-state index in [0.29, 0.717) is 52.1 Å². The molecule has 4 aliphatic rings. The Morgan fingerprint density at radius 3 is 1.21 bits per heavy atom. The van der Waals surface area contributed by atoms with Crippen LogP contribution in [0.2, 0.25) is 0 Å². The van der Waals surface area contributed by atoms with E-state index in [0.717, 1.165) is 0 Å². The van der Waals surface area contributed by atoms with Crippen LogP contribution in [0.5, 0.6) is 0 Å². The SMILES string of the molecule is CCN1CCN(CC(=O)N[C@H](C(=O)N2CCC[C@H]2C(=O)N[C@@H](C(C)C)[C@H](O)C(F)(F)F)C(C)C)C1=O.CCN1CCN(CC(=O)N[C@H](C(=O)N2CCC[C@H]2C(=O)N[C@H](C(=O)C(F)(F)F)C(C)C)C(C)C)C1=O. The third kappa shape index (κ3) is 15.8. The van der Waals surface area contributed by atoms with Crippen molar-refractivity contribution in [2.45, 2.75) is 150 Å². The summed E-state index contributed by atoms with van der Waals surface area (Å²) in [5, 5.41) is 19.5. The Morgan fingerprint density at radius 1 is 0.542 bits per heavy atom. The third-order valence-corrected chi connectivity index (χ3v) is 13.2. The van der Waals surface area contributed by atoms with Crippen LogP contribution in [-0.2, 0) is 33.6 Å². The standard InChI is InChI=1S/C23H38F3N5O5.C23H36F3N5O5/c2*1-6-29-10-11-30(22(29)36)12-16(32)27-18(14(4)5)21(35)31-9-7-8-15(31)20(34)28-17(13(2)3)19(33)23(24,25)26/h13-15,17-19,33H,6-12H2,1-5H3,(H,27,32)(H,28,34);13-15,17-18H,6-12H2,1-5H3,(H,27,32)(H,28,34)/t15-,17-,18-,19-;15-,17-,18-/m00/s1. The maximum Gasteiger partial charge on any atom is 0.452 e. The van der Waals surface area contributed by atoms with E-state index >= 15 is 0 Å². The second kappa shape index (κ2) is 26.0. The van der Waals surface area contributed by atoms with E-state index < -0.39 is 108 Å². The molecule has 4 rings (SSSR count). The molecular weight excluding hydrogens is 967 g/mol. The van der Waals surface area contributed by atoms with Crippen molar-refractivity contribution in [1.29, 1.82) is 0 Å². The van der Waals surface area contributed by atoms with Crippen LogP contribution in [0.25, 0.3) is 0 Å². The number of hydrogen-bond donors (Lipinski definition) is 5. The minimum Gasteiger partial charge on any atom is -0.382 e. The summed E-state index contributed by atoms with van der Waals surface area (Å²) in [5.74, 6) is -7.99. The highest BCUT2D eigenvalue weighted by Gasteiger charge is 2.49. The van der Waals surface area contributed by atoms with Crippen LogP contribution in [0.4, 0.5) is 35.9 Å². The van der Waals surface area contributed by atoms with Gasteiger partial charge in [-0.25, -0.2) is 9.59 Å². The van der Waals surface area contributed by atoms with Gasteiger partial charge in [-0.15, -0.1) is 0 Å². The summed E-state index contributed by atoms with van der Waals surface area (Å²) in [7, 11) is 0. The highest BCUT2D eigenvalue weighted by molar-refractivity contribution is 5.97. The lowest BCUT2D eigenvalue weighted by molar-refractivity contribution is -0.215. The van der Waals surface area contributed by atoms with Crippen LogP contribution in [0, 0.1) is 23.7 Å². The highest BCUT2D eigenvalue weighted by atomic mass is 19.4. The fourth-order valence-corrected chi connectivity index (χ4v) is 8.96. The van der Waals surface area contributed by atoms with Crippen LogP contribution >= 0.6 is 0 Å². The van der Waals surface area contributed by atoms with Crippen LogP contribution in [0.1, 0.15) is 94.9 Å². The Balaban J connectivity index is 0.000000380. The topological polar surface area (TPSA) is 241 Å². The molecule has 0 unspecified atom stereocenters. The van der Waals surface area contributed by atoms with Gasteiger partial charge in [0.2, 0.25) is 35.4 Å². The van der Waals surface area contributed by atoms with Gasteiger partial charge in [-0.3, -0.25) is 33.6 Å². The Bertz CT molecular complexity index is 1960. The van der Waals surface area contributed by atoms with Gasteiger partial charge in [-0.05, 0) is 63.2 Å². The molecule has 4 saturated heterocycles. The van der Waals surface area contributed by atoms with Gasteiger partial charge >= 0.3 is 24.4 Å². The lowest BCUT2D eigenvalue weighted by Gasteiger charge is -2.33. The molecule has 0 aromatic rings. The van der Waals surface area contributed by atoms with Crippen LogP contribution in [0.3, 0.4) is 0 Å². The number of likely N-dealkylation sites (tertiary alicyclic amines) is 2. The van der Waals surface area contributed by atoms with Gasteiger partial charge in [0.1, 0.15) is 37.3 Å². The average molecular weight is 1040 g/mol. The number of amides is 10. The van der Waals surface area contributed by atoms with E-state index in [-0.39, 0.29) is 62.9 Å². The molecule has 4 aliphatic heterocycles. The summed E-state index contributed by atoms with van der Waals surface area (Å²) in [6.07, 6.45) is -11.4. The zero-order valence-electron chi connectivity index (χ0n) is 42.8. The first-order valence-corrected chi connectivity index (χ1v) is 24.6. The molecule has 20 nitrogen and oxygen atoms in total. The van der Waals surface area contributed by atoms with E-state index in [4.69, 9.17) is 0 Å². The molecule has 0 spiro atoms. The van der Waals surface area contributed by atoms with Crippen molar-refractivity contribution < 1.29 is 74.6 Å². The molecule has 7 atom stereocenters. The Kier molecular flexibility index (Phi) is 22.0. The molecule has 0 radical (unpaired) electrons. The van der Waals surface area contributed by atoms with Gasteiger partial charge in [0.15, 0.2) is 6.10 Å². The van der Waals surface area contributed by atoms with E-state index in [2.05, 4.69) is 21.3 Å². The van der Waals surface area contributed by atoms with Gasteiger partial charge < -0.3 is 55.8 Å². The van der Waals surface area contributed by atoms with Crippen LogP contribution < -0.4 is 21.3 Å². The zero-order chi connectivity index (χ0) is 54.7. The molecule has 0 bridgehead atoms. The van der Waals surface area contributed by atoms with Crippen molar-refractivity contribution in [1.82, 2.24) is 50.7 Å². The molecule has 4 heterocycles. The number of ketones is 1. The number of nitrogens with zero attached hydrogens (tertiary/aromatic N) is 6. The molecule has 0 aromatic heterocycles. The number of alkyl halides is 6. The number of urea groups is 2. The minimum atomic E-state index is -5.11. The van der Waals surface area contributed by atoms with E-state index in [1.54, 1.807) is 37.5 Å². The van der Waals surface area contributed by atoms with Gasteiger partial charge in [-0.2, -0.15) is 26.3 Å². The molecular formula is C46H74F6N10O10. The van der Waals surface area contributed by atoms with E-state index in [9.17, 15) is 74.6 Å². The van der Waals surface area contributed by atoms with Gasteiger partial charge in [-0.1, -0.05) is 55.4 Å². The predicted octanol–water partition coefficient (Wildman–Crippen LogP) is 2.09. The lowest BCUT2D eigenvalue weighted by Crippen LogP contribution is -2.59. The molecule has 0 saturated carbocycles. The van der Waals surface area contributed by atoms with Crippen LogP contribution in [-0.4, -0.2) is 208 Å². The second-order valence-electron chi connectivity index (χ2n) is 19.9. The van der Waals surface area contributed by atoms with Crippen molar-refractivity contribution in [3.8, 4) is 0 Å². The Morgan fingerprint density at radius 2 is 0.903 bits per heavy atom. The highest BCUT2D eigenvalue weighted by Crippen LogP contribution is 2.28. The summed E-state index contributed by atoms with van der Waals surface area (Å²) in [6.45, 7) is 19.1. The van der Waals surface area contributed by atoms with Gasteiger partial charge in [0, 0.05) is 52.4 Å². The monoisotopic (exact) mass is 1040 g/mol. The maximum atomic E-state index is 13.4. The van der Waals surface area contributed by atoms with Crippen molar-refractivity contribution in [2.24, 2.45) is 23.7 Å². The first-order chi connectivity index (χ1) is 33.4. The summed E-state index contributed by atoms with van der Waals surface area (Å²) in [4.78, 5) is 123. The molecule has 0 aromatic carbocycles. The number of halogens is 6. The molecule has 4 fully saturated rings. The molecule has 0 aliphatic carbocycles. The Hall–Kier alpha value is -5.43. The quantitative estimate of drug-likeness (QED) is 0.111. The molecule has 5 N–H and O–H groups in total. The van der Waals surface area contributed by atoms with Crippen molar-refractivity contribution in [3.05, 3.63) is 0 Å². The average Bonchev–Trinajstić information content (AvgIpc) is 4.12. The molecule has 72 heavy (non-hydrogen) atoms. The number of aliphatic hydroxyl groups excluding tert-OH is 1. The largest absolute Gasteiger partial charge is 0.452 e. The number of nitrogens with one attached hydrogen (secondary N) is 4. The Labute approximate surface area is 416 Å². The minimum absolute atomic E-state index is 0.186. The predicted molar refractivity (Wildman–Crippen MR) is 248 cm³/mol. The van der Waals surface area contributed by atoms with Crippen molar-refractivity contribution in [3.63, 3.8) is 0 Å². The van der Waals surface area contributed by atoms with Crippen LogP contribution in [0.15, 0.2) is 0 Å². The fourth-order valence-electron chi connectivity index (χ4n) is 8.96. The number of carbonyl (C=O) groups is 9. The normalized spacial score (nSPS) is 20.7. The number of rotatable bonds is 20. The summed E-state index contributed by atoms with van der Waals surface area (Å²) in [5.41, 5.74) is 0. The smallest absolute Gasteiger partial charge is 0.382 e. The van der Waals surface area contributed by atoms with Crippen molar-refractivity contribution >= 4 is 53.3 Å². The summed E-state index contributed by atoms with van der Waals surface area (Å²) < 4.78 is 78.2. The second-order valence-corrected chi connectivity index (χ2v) is 19.9. The fraction of sp³-hybridized carbons (Fsp3) is 0.804. The summed E-state index contributed by atoms with van der Waals surface area (Å²) >= 11 is 0. The number of hydrogen-bond acceptors (Lipinski definition) is 10. The van der Waals surface area contributed by atoms with Crippen molar-refractivity contribution in [2.75, 3.05) is 65.4 Å². The number of carbonyl (C=O) groups excluding carboxylic acids is 9. The zero-order valence-corrected chi connectivity index (χ0v) is 42.8. The third-order valence-electron chi connectivity index (χ3n) is 13.2. The first-order valence-electron chi connectivity index (χ1n) is 24.6. The number of likely N-dealkylation sites (N-methyl/N-ethyl adjacent to an activating group) is 2. The molecule has 10 amide bonds. The number of Topliss-reactive ketones (excluding diaryl/α,β-unsaturated/α-hetero) is 1. The number of aliphatic hydroxyl groups is 1. The van der Waals surface area contributed by atoms with E-state index in [1.807, 2.05) is 13.8 Å². The first kappa shape index (κ1) is 60.9. The van der Waals surface area contributed by atoms with Gasteiger partial charge in [0.25, 0.3) is 5.78 Å². The van der Waals surface area contributed by atoms with Gasteiger partial charge in [0.05, 0.1) is 12.1 Å². The maximum absolute atomic E-state index is 13.4. The molecule has 26 heteroatoms.